The van der Waals surface area contributed by atoms with Crippen LogP contribution >= 0.6 is 0 Å². The molecule has 0 rings (SSSR count). The van der Waals surface area contributed by atoms with E-state index in [0.717, 1.165) is 19.4 Å². The van der Waals surface area contributed by atoms with Crippen LogP contribution in [0.15, 0.2) is 0 Å². The van der Waals surface area contributed by atoms with Crippen molar-refractivity contribution in [3.8, 4) is 0 Å². The van der Waals surface area contributed by atoms with Gasteiger partial charge in [-0.1, -0.05) is 13.3 Å². The molecule has 18 heavy (non-hydrogen) atoms. The Bertz CT molecular complexity index is 169. The van der Waals surface area contributed by atoms with Crippen molar-refractivity contribution in [2.45, 2.75) is 32.8 Å². The van der Waals surface area contributed by atoms with Gasteiger partial charge in [0.2, 0.25) is 0 Å². The van der Waals surface area contributed by atoms with E-state index in [2.05, 4.69) is 12.2 Å². The Balaban J connectivity index is 3.37. The molecule has 0 aromatic rings. The normalized spacial score (nSPS) is 14.7. The fourth-order valence-electron chi connectivity index (χ4n) is 1.63. The molecule has 2 atom stereocenters. The Labute approximate surface area is 110 Å². The molecule has 110 valence electrons. The molecule has 0 amide bonds. The number of aliphatic hydroxyl groups excluding tert-OH is 2. The smallest absolute Gasteiger partial charge is 0.0897 e. The first kappa shape index (κ1) is 17.8. The third kappa shape index (κ3) is 10.9. The van der Waals surface area contributed by atoms with Gasteiger partial charge in [0.25, 0.3) is 0 Å². The molecule has 2 unspecified atom stereocenters. The highest BCUT2D eigenvalue weighted by atomic mass is 16.5. The minimum absolute atomic E-state index is 0.225. The van der Waals surface area contributed by atoms with Crippen molar-refractivity contribution in [2.75, 3.05) is 46.1 Å². The van der Waals surface area contributed by atoms with Crippen LogP contribution in [0.25, 0.3) is 0 Å². The largest absolute Gasteiger partial charge is 0.396 e. The van der Waals surface area contributed by atoms with Crippen LogP contribution in [0.5, 0.6) is 0 Å². The molecule has 0 aliphatic carbocycles. The monoisotopic (exact) mass is 263 g/mol. The van der Waals surface area contributed by atoms with E-state index < -0.39 is 6.10 Å². The average molecular weight is 263 g/mol. The highest BCUT2D eigenvalue weighted by Crippen LogP contribution is 2.05. The fourth-order valence-corrected chi connectivity index (χ4v) is 1.63. The third-order valence-electron chi connectivity index (χ3n) is 2.81. The maximum Gasteiger partial charge on any atom is 0.0897 e. The Morgan fingerprint density at radius 1 is 1.11 bits per heavy atom. The van der Waals surface area contributed by atoms with Gasteiger partial charge in [-0.05, 0) is 25.8 Å². The number of aliphatic hydroxyl groups is 2. The lowest BCUT2D eigenvalue weighted by molar-refractivity contribution is 0.00624. The van der Waals surface area contributed by atoms with E-state index in [4.69, 9.17) is 14.6 Å². The molecule has 3 N–H and O–H groups in total. The third-order valence-corrected chi connectivity index (χ3v) is 2.81. The van der Waals surface area contributed by atoms with Crippen LogP contribution in [0.1, 0.15) is 26.7 Å². The van der Waals surface area contributed by atoms with Crippen molar-refractivity contribution < 1.29 is 19.7 Å². The number of rotatable bonds is 13. The predicted molar refractivity (Wildman–Crippen MR) is 71.7 cm³/mol. The van der Waals surface area contributed by atoms with E-state index >= 15 is 0 Å². The van der Waals surface area contributed by atoms with Crippen LogP contribution in [-0.2, 0) is 9.47 Å². The molecule has 0 saturated carbocycles. The van der Waals surface area contributed by atoms with Crippen LogP contribution in [0.4, 0.5) is 0 Å². The summed E-state index contributed by atoms with van der Waals surface area (Å²) < 4.78 is 10.4. The van der Waals surface area contributed by atoms with E-state index in [1.807, 2.05) is 6.92 Å². The zero-order valence-corrected chi connectivity index (χ0v) is 11.7. The van der Waals surface area contributed by atoms with Gasteiger partial charge in [-0.2, -0.15) is 0 Å². The first-order chi connectivity index (χ1) is 8.74. The molecule has 0 aliphatic rings. The fraction of sp³-hybridized carbons (Fsp3) is 1.00. The zero-order valence-electron chi connectivity index (χ0n) is 11.7. The van der Waals surface area contributed by atoms with Gasteiger partial charge in [0.15, 0.2) is 0 Å². The second-order valence-electron chi connectivity index (χ2n) is 4.37. The first-order valence-electron chi connectivity index (χ1n) is 6.89. The SMILES string of the molecule is CCOCCOCC(O)CNCC(CC)CCO. The first-order valence-corrected chi connectivity index (χ1v) is 6.89. The summed E-state index contributed by atoms with van der Waals surface area (Å²) in [6, 6.07) is 0. The molecule has 0 fully saturated rings. The molecule has 0 aliphatic heterocycles. The van der Waals surface area contributed by atoms with Crippen LogP contribution in [0.3, 0.4) is 0 Å². The number of nitrogens with one attached hydrogen (secondary N) is 1. The summed E-state index contributed by atoms with van der Waals surface area (Å²) in [6.07, 6.45) is 1.36. The van der Waals surface area contributed by atoms with E-state index in [1.165, 1.54) is 0 Å². The summed E-state index contributed by atoms with van der Waals surface area (Å²) in [5, 5.41) is 21.7. The van der Waals surface area contributed by atoms with Gasteiger partial charge < -0.3 is 25.0 Å². The summed E-state index contributed by atoms with van der Waals surface area (Å²) in [4.78, 5) is 0. The Kier molecular flexibility index (Phi) is 13.1. The minimum Gasteiger partial charge on any atom is -0.396 e. The van der Waals surface area contributed by atoms with Gasteiger partial charge in [-0.25, -0.2) is 0 Å². The van der Waals surface area contributed by atoms with Crippen LogP contribution in [-0.4, -0.2) is 62.4 Å². The molecule has 5 nitrogen and oxygen atoms in total. The molecule has 0 spiro atoms. The van der Waals surface area contributed by atoms with Gasteiger partial charge >= 0.3 is 0 Å². The van der Waals surface area contributed by atoms with E-state index in [9.17, 15) is 5.11 Å². The maximum absolute atomic E-state index is 9.64. The van der Waals surface area contributed by atoms with Gasteiger partial charge in [-0.15, -0.1) is 0 Å². The summed E-state index contributed by atoms with van der Waals surface area (Å²) >= 11 is 0. The van der Waals surface area contributed by atoms with Crippen LogP contribution < -0.4 is 5.32 Å². The van der Waals surface area contributed by atoms with Gasteiger partial charge in [0.05, 0.1) is 25.9 Å². The molecular weight excluding hydrogens is 234 g/mol. The number of hydrogen-bond acceptors (Lipinski definition) is 5. The Hall–Kier alpha value is -0.200. The summed E-state index contributed by atoms with van der Waals surface area (Å²) in [7, 11) is 0. The van der Waals surface area contributed by atoms with Gasteiger partial charge in [0, 0.05) is 19.8 Å². The Morgan fingerprint density at radius 3 is 2.44 bits per heavy atom. The molecule has 0 heterocycles. The lowest BCUT2D eigenvalue weighted by atomic mass is 10.0. The molecular formula is C13H29NO4. The molecule has 0 radical (unpaired) electrons. The van der Waals surface area contributed by atoms with Crippen LogP contribution in [0.2, 0.25) is 0 Å². The lowest BCUT2D eigenvalue weighted by Gasteiger charge is -2.16. The second-order valence-corrected chi connectivity index (χ2v) is 4.37. The quantitative estimate of drug-likeness (QED) is 0.420. The predicted octanol–water partition coefficient (Wildman–Crippen LogP) is 0.399. The highest BCUT2D eigenvalue weighted by molar-refractivity contribution is 4.64. The Morgan fingerprint density at radius 2 is 1.83 bits per heavy atom. The van der Waals surface area contributed by atoms with Crippen molar-refractivity contribution >= 4 is 0 Å². The van der Waals surface area contributed by atoms with E-state index in [-0.39, 0.29) is 6.61 Å². The standard InChI is InChI=1S/C13H29NO4/c1-3-12(5-6-15)9-14-10-13(16)11-18-8-7-17-4-2/h12-16H,3-11H2,1-2H3. The van der Waals surface area contributed by atoms with Crippen molar-refractivity contribution in [3.05, 3.63) is 0 Å². The lowest BCUT2D eigenvalue weighted by Crippen LogP contribution is -2.34. The highest BCUT2D eigenvalue weighted by Gasteiger charge is 2.07. The van der Waals surface area contributed by atoms with E-state index in [1.54, 1.807) is 0 Å². The number of hydrogen-bond donors (Lipinski definition) is 3. The molecule has 0 aromatic carbocycles. The minimum atomic E-state index is -0.488. The maximum atomic E-state index is 9.64. The molecule has 0 bridgehead atoms. The number of ether oxygens (including phenoxy) is 2. The zero-order chi connectivity index (χ0) is 13.6. The summed E-state index contributed by atoms with van der Waals surface area (Å²) in [6.45, 7) is 7.74. The summed E-state index contributed by atoms with van der Waals surface area (Å²) in [5.41, 5.74) is 0. The van der Waals surface area contributed by atoms with Gasteiger partial charge in [-0.3, -0.25) is 0 Å². The summed E-state index contributed by atoms with van der Waals surface area (Å²) in [5.74, 6) is 0.473. The van der Waals surface area contributed by atoms with Crippen molar-refractivity contribution in [1.29, 1.82) is 0 Å². The van der Waals surface area contributed by atoms with Crippen molar-refractivity contribution in [3.63, 3.8) is 0 Å². The molecule has 0 saturated heterocycles. The topological polar surface area (TPSA) is 71.0 Å². The molecule has 5 heteroatoms. The second kappa shape index (κ2) is 13.2. The van der Waals surface area contributed by atoms with E-state index in [0.29, 0.717) is 38.9 Å². The average Bonchev–Trinajstić information content (AvgIpc) is 2.37. The molecule has 0 aromatic heterocycles. The van der Waals surface area contributed by atoms with Crippen molar-refractivity contribution in [2.24, 2.45) is 5.92 Å². The van der Waals surface area contributed by atoms with Crippen LogP contribution in [0, 0.1) is 5.92 Å². The van der Waals surface area contributed by atoms with Crippen molar-refractivity contribution in [1.82, 2.24) is 5.32 Å². The van der Waals surface area contributed by atoms with Gasteiger partial charge in [0.1, 0.15) is 0 Å².